The molecule has 0 radical (unpaired) electrons. The highest BCUT2D eigenvalue weighted by Crippen LogP contribution is 2.37. The van der Waals surface area contributed by atoms with E-state index in [2.05, 4.69) is 6.07 Å². The molecule has 1 aliphatic rings. The van der Waals surface area contributed by atoms with E-state index in [-0.39, 0.29) is 0 Å². The standard InChI is InChI=1S/C17H12ClNO/c18-10-12-5-6-16-15(7-8-19)14-4-2-1-3-13(14)11-20-17(16)9-12/h1-7,9H,10-11H2/b15-7-. The molecular weight excluding hydrogens is 270 g/mol. The molecule has 0 atom stereocenters. The van der Waals surface area contributed by atoms with Crippen molar-refractivity contribution in [3.8, 4) is 11.8 Å². The molecule has 0 bridgehead atoms. The van der Waals surface area contributed by atoms with E-state index in [0.717, 1.165) is 33.6 Å². The summed E-state index contributed by atoms with van der Waals surface area (Å²) in [7, 11) is 0. The van der Waals surface area contributed by atoms with E-state index < -0.39 is 0 Å². The number of nitriles is 1. The number of hydrogen-bond acceptors (Lipinski definition) is 2. The normalized spacial score (nSPS) is 14.7. The third kappa shape index (κ3) is 2.17. The van der Waals surface area contributed by atoms with E-state index in [0.29, 0.717) is 12.5 Å². The maximum Gasteiger partial charge on any atom is 0.127 e. The number of fused-ring (bicyclic) bond motifs is 2. The van der Waals surface area contributed by atoms with Crippen LogP contribution in [0.15, 0.2) is 48.5 Å². The van der Waals surface area contributed by atoms with Gasteiger partial charge in [-0.15, -0.1) is 11.6 Å². The van der Waals surface area contributed by atoms with E-state index in [1.165, 1.54) is 0 Å². The lowest BCUT2D eigenvalue weighted by Crippen LogP contribution is -1.95. The van der Waals surface area contributed by atoms with Crippen LogP contribution in [0.4, 0.5) is 0 Å². The zero-order valence-corrected chi connectivity index (χ0v) is 11.5. The van der Waals surface area contributed by atoms with Crippen molar-refractivity contribution in [1.29, 1.82) is 5.26 Å². The van der Waals surface area contributed by atoms with Gasteiger partial charge in [-0.2, -0.15) is 5.26 Å². The Hall–Kier alpha value is -2.24. The van der Waals surface area contributed by atoms with Crippen LogP contribution in [-0.4, -0.2) is 0 Å². The Labute approximate surface area is 122 Å². The second-order valence-electron chi connectivity index (χ2n) is 4.60. The molecule has 0 spiro atoms. The average molecular weight is 282 g/mol. The lowest BCUT2D eigenvalue weighted by molar-refractivity contribution is 0.307. The van der Waals surface area contributed by atoms with Gasteiger partial charge in [0.2, 0.25) is 0 Å². The molecule has 0 fully saturated rings. The van der Waals surface area contributed by atoms with E-state index in [4.69, 9.17) is 21.6 Å². The molecule has 0 saturated heterocycles. The Kier molecular flexibility index (Phi) is 3.45. The zero-order chi connectivity index (χ0) is 13.9. The number of benzene rings is 2. The summed E-state index contributed by atoms with van der Waals surface area (Å²) in [5, 5.41) is 9.07. The van der Waals surface area contributed by atoms with Crippen LogP contribution >= 0.6 is 11.6 Å². The van der Waals surface area contributed by atoms with Crippen LogP contribution in [0.2, 0.25) is 0 Å². The predicted octanol–water partition coefficient (Wildman–Crippen LogP) is 4.27. The Morgan fingerprint density at radius 3 is 2.85 bits per heavy atom. The van der Waals surface area contributed by atoms with Crippen molar-refractivity contribution >= 4 is 17.2 Å². The summed E-state index contributed by atoms with van der Waals surface area (Å²) in [6.07, 6.45) is 1.58. The third-order valence-electron chi connectivity index (χ3n) is 3.39. The van der Waals surface area contributed by atoms with E-state index in [9.17, 15) is 0 Å². The first-order chi connectivity index (χ1) is 9.83. The summed E-state index contributed by atoms with van der Waals surface area (Å²) >= 11 is 5.87. The van der Waals surface area contributed by atoms with Gasteiger partial charge in [0.05, 0.1) is 6.07 Å². The van der Waals surface area contributed by atoms with Gasteiger partial charge in [-0.05, 0) is 22.8 Å². The van der Waals surface area contributed by atoms with Crippen molar-refractivity contribution in [3.05, 3.63) is 70.8 Å². The largest absolute Gasteiger partial charge is 0.488 e. The lowest BCUT2D eigenvalue weighted by atomic mass is 9.94. The first-order valence-electron chi connectivity index (χ1n) is 6.33. The van der Waals surface area contributed by atoms with Gasteiger partial charge >= 0.3 is 0 Å². The number of nitrogens with zero attached hydrogens (tertiary/aromatic N) is 1. The monoisotopic (exact) mass is 281 g/mol. The molecule has 2 nitrogen and oxygen atoms in total. The van der Waals surface area contributed by atoms with Crippen LogP contribution in [0.25, 0.3) is 5.57 Å². The highest BCUT2D eigenvalue weighted by Gasteiger charge is 2.19. The third-order valence-corrected chi connectivity index (χ3v) is 3.70. The minimum atomic E-state index is 0.445. The molecule has 0 unspecified atom stereocenters. The van der Waals surface area contributed by atoms with Gasteiger partial charge in [0.1, 0.15) is 12.4 Å². The van der Waals surface area contributed by atoms with Crippen LogP contribution in [-0.2, 0) is 12.5 Å². The molecule has 2 aromatic carbocycles. The quantitative estimate of drug-likeness (QED) is 0.577. The highest BCUT2D eigenvalue weighted by atomic mass is 35.5. The fourth-order valence-electron chi connectivity index (χ4n) is 2.42. The van der Waals surface area contributed by atoms with Crippen LogP contribution < -0.4 is 4.74 Å². The highest BCUT2D eigenvalue weighted by molar-refractivity contribution is 6.17. The number of hydrogen-bond donors (Lipinski definition) is 0. The molecular formula is C17H12ClNO. The van der Waals surface area contributed by atoms with Crippen molar-refractivity contribution in [2.75, 3.05) is 0 Å². The molecule has 98 valence electrons. The van der Waals surface area contributed by atoms with E-state index >= 15 is 0 Å². The number of alkyl halides is 1. The van der Waals surface area contributed by atoms with Crippen molar-refractivity contribution in [1.82, 2.24) is 0 Å². The van der Waals surface area contributed by atoms with Crippen molar-refractivity contribution in [3.63, 3.8) is 0 Å². The molecule has 0 saturated carbocycles. The van der Waals surface area contributed by atoms with Crippen LogP contribution in [0.5, 0.6) is 5.75 Å². The minimum Gasteiger partial charge on any atom is -0.488 e. The summed E-state index contributed by atoms with van der Waals surface area (Å²) in [5.41, 5.74) is 4.97. The Morgan fingerprint density at radius 1 is 1.20 bits per heavy atom. The van der Waals surface area contributed by atoms with E-state index in [1.807, 2.05) is 42.5 Å². The van der Waals surface area contributed by atoms with Crippen LogP contribution in [0, 0.1) is 11.3 Å². The molecule has 2 aromatic rings. The molecule has 1 aliphatic heterocycles. The fourth-order valence-corrected chi connectivity index (χ4v) is 2.59. The van der Waals surface area contributed by atoms with Crippen LogP contribution in [0.1, 0.15) is 22.3 Å². The lowest BCUT2D eigenvalue weighted by Gasteiger charge is -2.10. The molecule has 1 heterocycles. The van der Waals surface area contributed by atoms with Gasteiger partial charge in [-0.3, -0.25) is 0 Å². The SMILES string of the molecule is N#C/C=C1/c2ccccc2COc2cc(CCl)ccc21. The predicted molar refractivity (Wildman–Crippen MR) is 79.5 cm³/mol. The Bertz CT molecular complexity index is 728. The van der Waals surface area contributed by atoms with Gasteiger partial charge in [0.25, 0.3) is 0 Å². The fraction of sp³-hybridized carbons (Fsp3) is 0.118. The first kappa shape index (κ1) is 12.8. The van der Waals surface area contributed by atoms with E-state index in [1.54, 1.807) is 6.08 Å². The van der Waals surface area contributed by atoms with Gasteiger partial charge in [0, 0.05) is 23.1 Å². The zero-order valence-electron chi connectivity index (χ0n) is 10.8. The maximum absolute atomic E-state index is 9.07. The summed E-state index contributed by atoms with van der Waals surface area (Å²) in [6, 6.07) is 16.0. The summed E-state index contributed by atoms with van der Waals surface area (Å²) in [4.78, 5) is 0. The summed E-state index contributed by atoms with van der Waals surface area (Å²) in [5.74, 6) is 1.22. The van der Waals surface area contributed by atoms with Crippen LogP contribution in [0.3, 0.4) is 0 Å². The summed E-state index contributed by atoms with van der Waals surface area (Å²) < 4.78 is 5.89. The smallest absolute Gasteiger partial charge is 0.127 e. The number of halogens is 1. The molecule has 0 aromatic heterocycles. The van der Waals surface area contributed by atoms with Gasteiger partial charge in [-0.25, -0.2) is 0 Å². The van der Waals surface area contributed by atoms with Crippen molar-refractivity contribution < 1.29 is 4.74 Å². The number of ether oxygens (including phenoxy) is 1. The van der Waals surface area contributed by atoms with Crippen molar-refractivity contribution in [2.45, 2.75) is 12.5 Å². The Balaban J connectivity index is 2.23. The average Bonchev–Trinajstić information content (AvgIpc) is 2.65. The molecule has 0 aliphatic carbocycles. The molecule has 3 heteroatoms. The van der Waals surface area contributed by atoms with Gasteiger partial charge in [0.15, 0.2) is 0 Å². The molecule has 0 amide bonds. The maximum atomic E-state index is 9.07. The topological polar surface area (TPSA) is 33.0 Å². The summed E-state index contributed by atoms with van der Waals surface area (Å²) in [6.45, 7) is 0.498. The van der Waals surface area contributed by atoms with Crippen molar-refractivity contribution in [2.24, 2.45) is 0 Å². The second kappa shape index (κ2) is 5.40. The van der Waals surface area contributed by atoms with Gasteiger partial charge < -0.3 is 4.74 Å². The number of rotatable bonds is 1. The minimum absolute atomic E-state index is 0.445. The second-order valence-corrected chi connectivity index (χ2v) is 4.86. The molecule has 3 rings (SSSR count). The first-order valence-corrected chi connectivity index (χ1v) is 6.87. The molecule has 0 N–H and O–H groups in total. The number of allylic oxidation sites excluding steroid dienone is 1. The van der Waals surface area contributed by atoms with Gasteiger partial charge in [-0.1, -0.05) is 36.4 Å². The Morgan fingerprint density at radius 2 is 2.05 bits per heavy atom. The molecule has 20 heavy (non-hydrogen) atoms.